The predicted molar refractivity (Wildman–Crippen MR) is 132 cm³/mol. The minimum atomic E-state index is -0.603. The van der Waals surface area contributed by atoms with Crippen molar-refractivity contribution in [2.45, 2.75) is 6.92 Å². The van der Waals surface area contributed by atoms with Gasteiger partial charge in [-0.2, -0.15) is 0 Å². The van der Waals surface area contributed by atoms with Gasteiger partial charge in [0.15, 0.2) is 4.77 Å². The lowest BCUT2D eigenvalue weighted by Gasteiger charge is -2.16. The van der Waals surface area contributed by atoms with E-state index in [0.29, 0.717) is 22.1 Å². The monoisotopic (exact) mass is 526 g/mol. The molecule has 0 amide bonds. The van der Waals surface area contributed by atoms with Crippen molar-refractivity contribution < 1.29 is 5.11 Å². The number of azo groups is 1. The summed E-state index contributed by atoms with van der Waals surface area (Å²) >= 11 is 15.2. The molecule has 1 aromatic heterocycles. The quantitative estimate of drug-likeness (QED) is 0.225. The lowest BCUT2D eigenvalue weighted by atomic mass is 10.2. The van der Waals surface area contributed by atoms with E-state index in [2.05, 4.69) is 26.2 Å². The number of halogens is 2. The Morgan fingerprint density at radius 3 is 2.16 bits per heavy atom. The molecule has 0 aliphatic carbocycles. The molecular weight excluding hydrogens is 512 g/mol. The molecule has 0 spiro atoms. The highest BCUT2D eigenvalue weighted by Crippen LogP contribution is 2.31. The van der Waals surface area contributed by atoms with Crippen molar-refractivity contribution in [2.24, 2.45) is 10.2 Å². The van der Waals surface area contributed by atoms with Crippen molar-refractivity contribution in [3.05, 3.63) is 103 Å². The Balaban J connectivity index is 2.01. The Bertz CT molecular complexity index is 1450. The van der Waals surface area contributed by atoms with E-state index in [-0.39, 0.29) is 10.5 Å². The van der Waals surface area contributed by atoms with E-state index in [4.69, 9.17) is 23.8 Å². The molecule has 0 unspecified atom stereocenters. The second kappa shape index (κ2) is 9.20. The molecule has 0 radical (unpaired) electrons. The Labute approximate surface area is 202 Å². The van der Waals surface area contributed by atoms with Crippen molar-refractivity contribution in [3.8, 4) is 17.3 Å². The SMILES string of the molecule is Cc1ccc(-n2c(O)c(N=Nc3ccccc3Cl)c(=O)n(-c3ccc(Br)cc3)c2=S)cc1. The zero-order valence-corrected chi connectivity index (χ0v) is 19.9. The summed E-state index contributed by atoms with van der Waals surface area (Å²) in [5, 5.41) is 19.6. The second-order valence-electron chi connectivity index (χ2n) is 6.89. The van der Waals surface area contributed by atoms with Crippen molar-refractivity contribution in [1.82, 2.24) is 9.13 Å². The molecule has 4 aromatic rings. The molecule has 0 saturated heterocycles. The normalized spacial score (nSPS) is 11.2. The van der Waals surface area contributed by atoms with Gasteiger partial charge in [-0.1, -0.05) is 57.4 Å². The van der Waals surface area contributed by atoms with Crippen LogP contribution < -0.4 is 5.56 Å². The Morgan fingerprint density at radius 1 is 0.906 bits per heavy atom. The van der Waals surface area contributed by atoms with Crippen LogP contribution in [0.5, 0.6) is 5.88 Å². The summed E-state index contributed by atoms with van der Waals surface area (Å²) < 4.78 is 3.64. The first kappa shape index (κ1) is 22.1. The molecular formula is C23H16BrClN4O2S. The lowest BCUT2D eigenvalue weighted by Crippen LogP contribution is -2.23. The molecule has 0 bridgehead atoms. The highest BCUT2D eigenvalue weighted by molar-refractivity contribution is 9.10. The molecule has 0 aliphatic rings. The highest BCUT2D eigenvalue weighted by atomic mass is 79.9. The molecule has 0 saturated carbocycles. The maximum absolute atomic E-state index is 13.4. The fourth-order valence-corrected chi connectivity index (χ4v) is 3.87. The van der Waals surface area contributed by atoms with Gasteiger partial charge in [-0.25, -0.2) is 0 Å². The van der Waals surface area contributed by atoms with Gasteiger partial charge in [0.25, 0.3) is 5.56 Å². The number of aromatic hydroxyl groups is 1. The van der Waals surface area contributed by atoms with Crippen LogP contribution >= 0.6 is 39.7 Å². The van der Waals surface area contributed by atoms with Gasteiger partial charge in [0.05, 0.1) is 16.4 Å². The number of hydrogen-bond acceptors (Lipinski definition) is 5. The van der Waals surface area contributed by atoms with E-state index in [9.17, 15) is 9.90 Å². The smallest absolute Gasteiger partial charge is 0.290 e. The summed E-state index contributed by atoms with van der Waals surface area (Å²) in [5.41, 5.74) is 1.65. The lowest BCUT2D eigenvalue weighted by molar-refractivity contribution is 0.432. The third kappa shape index (κ3) is 4.29. The standard InChI is InChI=1S/C23H16BrClN4O2S/c1-14-6-10-16(11-7-14)28-21(30)20(27-26-19-5-3-2-4-18(19)25)22(31)29(23(28)32)17-12-8-15(24)9-13-17/h2-13,30H,1H3. The van der Waals surface area contributed by atoms with Gasteiger partial charge in [-0.3, -0.25) is 13.9 Å². The largest absolute Gasteiger partial charge is 0.492 e. The van der Waals surface area contributed by atoms with Crippen LogP contribution in [-0.4, -0.2) is 14.2 Å². The molecule has 0 atom stereocenters. The summed E-state index contributed by atoms with van der Waals surface area (Å²) in [4.78, 5) is 13.4. The molecule has 4 rings (SSSR count). The summed E-state index contributed by atoms with van der Waals surface area (Å²) in [6.45, 7) is 1.95. The molecule has 1 heterocycles. The predicted octanol–water partition coefficient (Wildman–Crippen LogP) is 7.20. The van der Waals surface area contributed by atoms with Crippen molar-refractivity contribution in [1.29, 1.82) is 0 Å². The van der Waals surface area contributed by atoms with Crippen LogP contribution in [-0.2, 0) is 0 Å². The first-order valence-corrected chi connectivity index (χ1v) is 11.0. The van der Waals surface area contributed by atoms with Crippen LogP contribution in [0, 0.1) is 11.7 Å². The average molecular weight is 528 g/mol. The third-order valence-electron chi connectivity index (χ3n) is 4.70. The molecule has 0 fully saturated rings. The molecule has 160 valence electrons. The summed E-state index contributed by atoms with van der Waals surface area (Å²) in [6.07, 6.45) is 0. The van der Waals surface area contributed by atoms with Gasteiger partial charge in [0, 0.05) is 4.47 Å². The van der Waals surface area contributed by atoms with Crippen molar-refractivity contribution in [3.63, 3.8) is 0 Å². The third-order valence-corrected chi connectivity index (χ3v) is 5.91. The van der Waals surface area contributed by atoms with Gasteiger partial charge >= 0.3 is 0 Å². The Morgan fingerprint density at radius 2 is 1.50 bits per heavy atom. The summed E-state index contributed by atoms with van der Waals surface area (Å²) in [7, 11) is 0. The fourth-order valence-electron chi connectivity index (χ4n) is 3.05. The number of hydrogen-bond donors (Lipinski definition) is 1. The van der Waals surface area contributed by atoms with Crippen LogP contribution in [0.25, 0.3) is 11.4 Å². The van der Waals surface area contributed by atoms with E-state index in [1.54, 1.807) is 60.7 Å². The van der Waals surface area contributed by atoms with E-state index in [1.807, 2.05) is 19.1 Å². The molecule has 3 aromatic carbocycles. The maximum atomic E-state index is 13.4. The number of aryl methyl sites for hydroxylation is 1. The second-order valence-corrected chi connectivity index (χ2v) is 8.58. The van der Waals surface area contributed by atoms with Crippen LogP contribution in [0.1, 0.15) is 5.56 Å². The van der Waals surface area contributed by atoms with Crippen LogP contribution in [0.3, 0.4) is 0 Å². The van der Waals surface area contributed by atoms with Crippen LogP contribution in [0.4, 0.5) is 11.4 Å². The number of benzene rings is 3. The van der Waals surface area contributed by atoms with E-state index >= 15 is 0 Å². The Kier molecular flexibility index (Phi) is 6.36. The highest BCUT2D eigenvalue weighted by Gasteiger charge is 2.19. The van der Waals surface area contributed by atoms with Gasteiger partial charge in [-0.15, -0.1) is 10.2 Å². The first-order valence-electron chi connectivity index (χ1n) is 9.47. The zero-order chi connectivity index (χ0) is 22.8. The van der Waals surface area contributed by atoms with Gasteiger partial charge < -0.3 is 5.11 Å². The van der Waals surface area contributed by atoms with E-state index in [1.165, 1.54) is 9.13 Å². The summed E-state index contributed by atoms with van der Waals surface area (Å²) in [6, 6.07) is 21.3. The van der Waals surface area contributed by atoms with E-state index in [0.717, 1.165) is 10.0 Å². The van der Waals surface area contributed by atoms with Gasteiger partial charge in [0.1, 0.15) is 5.69 Å². The average Bonchev–Trinajstić information content (AvgIpc) is 2.77. The number of nitrogens with zero attached hydrogens (tertiary/aromatic N) is 4. The summed E-state index contributed by atoms with van der Waals surface area (Å²) in [5.74, 6) is -0.409. The van der Waals surface area contributed by atoms with E-state index < -0.39 is 11.4 Å². The molecule has 6 nitrogen and oxygen atoms in total. The maximum Gasteiger partial charge on any atom is 0.290 e. The molecule has 1 N–H and O–H groups in total. The van der Waals surface area contributed by atoms with Crippen molar-refractivity contribution >= 4 is 51.1 Å². The molecule has 0 aliphatic heterocycles. The number of rotatable bonds is 4. The minimum Gasteiger partial charge on any atom is -0.492 e. The fraction of sp³-hybridized carbons (Fsp3) is 0.0435. The molecule has 9 heteroatoms. The van der Waals surface area contributed by atoms with Crippen LogP contribution in [0.15, 0.2) is 92.3 Å². The number of aromatic nitrogens is 2. The minimum absolute atomic E-state index is 0.0929. The topological polar surface area (TPSA) is 71.9 Å². The first-order chi connectivity index (χ1) is 15.4. The van der Waals surface area contributed by atoms with Gasteiger partial charge in [0.2, 0.25) is 11.6 Å². The van der Waals surface area contributed by atoms with Crippen LogP contribution in [0.2, 0.25) is 5.02 Å². The van der Waals surface area contributed by atoms with Gasteiger partial charge in [-0.05, 0) is 67.7 Å². The Hall–Kier alpha value is -3.07. The van der Waals surface area contributed by atoms with Crippen molar-refractivity contribution in [2.75, 3.05) is 0 Å². The molecule has 32 heavy (non-hydrogen) atoms. The zero-order valence-electron chi connectivity index (χ0n) is 16.7.